The Morgan fingerprint density at radius 3 is 2.26 bits per heavy atom. The Balaban J connectivity index is 2.00. The van der Waals surface area contributed by atoms with Crippen molar-refractivity contribution in [1.29, 1.82) is 0 Å². The molecule has 0 saturated heterocycles. The summed E-state index contributed by atoms with van der Waals surface area (Å²) in [6, 6.07) is 13.7. The number of carbonyl (C=O) groups excluding carboxylic acids is 2. The fraction of sp³-hybridized carbons (Fsp3) is 0.440. The molecule has 0 saturated carbocycles. The van der Waals surface area contributed by atoms with Crippen LogP contribution in [0.4, 0.5) is 5.69 Å². The first-order chi connectivity index (χ1) is 14.9. The van der Waals surface area contributed by atoms with Gasteiger partial charge in [-0.2, -0.15) is 0 Å². The highest BCUT2D eigenvalue weighted by molar-refractivity contribution is 7.99. The molecule has 0 fully saturated rings. The first kappa shape index (κ1) is 25.0. The van der Waals surface area contributed by atoms with Gasteiger partial charge in [-0.05, 0) is 76.2 Å². The number of rotatable bonds is 12. The molecule has 0 heterocycles. The minimum atomic E-state index is -0.157. The van der Waals surface area contributed by atoms with Gasteiger partial charge in [0, 0.05) is 28.8 Å². The number of anilines is 1. The van der Waals surface area contributed by atoms with E-state index in [0.717, 1.165) is 48.7 Å². The van der Waals surface area contributed by atoms with E-state index in [-0.39, 0.29) is 11.8 Å². The molecule has 5 nitrogen and oxygen atoms in total. The van der Waals surface area contributed by atoms with E-state index in [1.165, 1.54) is 12.5 Å². The highest BCUT2D eigenvalue weighted by Crippen LogP contribution is 2.34. The quantitative estimate of drug-likeness (QED) is 0.436. The van der Waals surface area contributed by atoms with Crippen molar-refractivity contribution in [3.05, 3.63) is 53.6 Å². The molecule has 0 aliphatic heterocycles. The molecule has 6 heteroatoms. The molecular formula is C25H35N3O2S. The lowest BCUT2D eigenvalue weighted by molar-refractivity contribution is -0.114. The molecule has 0 atom stereocenters. The Kier molecular flexibility index (Phi) is 10.6. The molecule has 0 unspecified atom stereocenters. The minimum absolute atomic E-state index is 0.115. The molecule has 0 aromatic heterocycles. The lowest BCUT2D eigenvalue weighted by Gasteiger charge is -2.20. The maximum atomic E-state index is 12.6. The molecule has 2 aromatic rings. The normalized spacial score (nSPS) is 10.9. The Bertz CT molecular complexity index is 846. The number of nitrogens with zero attached hydrogens (tertiary/aromatic N) is 1. The maximum absolute atomic E-state index is 12.6. The zero-order valence-corrected chi connectivity index (χ0v) is 20.0. The molecule has 0 bridgehead atoms. The van der Waals surface area contributed by atoms with Gasteiger partial charge in [-0.25, -0.2) is 0 Å². The fourth-order valence-electron chi connectivity index (χ4n) is 3.36. The van der Waals surface area contributed by atoms with E-state index in [0.29, 0.717) is 17.8 Å². The van der Waals surface area contributed by atoms with Crippen molar-refractivity contribution < 1.29 is 9.59 Å². The lowest BCUT2D eigenvalue weighted by Crippen LogP contribution is -2.31. The predicted molar refractivity (Wildman–Crippen MR) is 130 cm³/mol. The van der Waals surface area contributed by atoms with Crippen LogP contribution >= 0.6 is 11.8 Å². The molecule has 2 amide bonds. The van der Waals surface area contributed by atoms with E-state index in [9.17, 15) is 9.59 Å². The van der Waals surface area contributed by atoms with E-state index in [1.54, 1.807) is 17.8 Å². The molecule has 2 aromatic carbocycles. The summed E-state index contributed by atoms with van der Waals surface area (Å²) in [5.74, 6) is -0.272. The van der Waals surface area contributed by atoms with Gasteiger partial charge < -0.3 is 15.5 Å². The monoisotopic (exact) mass is 441 g/mol. The second kappa shape index (κ2) is 13.2. The van der Waals surface area contributed by atoms with E-state index in [1.807, 2.05) is 12.1 Å². The van der Waals surface area contributed by atoms with Gasteiger partial charge >= 0.3 is 0 Å². The molecule has 2 N–H and O–H groups in total. The summed E-state index contributed by atoms with van der Waals surface area (Å²) in [5.41, 5.74) is 2.41. The first-order valence-corrected chi connectivity index (χ1v) is 11.9. The third-order valence-corrected chi connectivity index (χ3v) is 5.90. The van der Waals surface area contributed by atoms with E-state index in [4.69, 9.17) is 0 Å². The Labute approximate surface area is 191 Å². The largest absolute Gasteiger partial charge is 0.352 e. The van der Waals surface area contributed by atoms with Crippen LogP contribution < -0.4 is 10.6 Å². The van der Waals surface area contributed by atoms with Gasteiger partial charge in [0.15, 0.2) is 0 Å². The molecule has 31 heavy (non-hydrogen) atoms. The molecular weight excluding hydrogens is 406 g/mol. The first-order valence-electron chi connectivity index (χ1n) is 11.1. The summed E-state index contributed by atoms with van der Waals surface area (Å²) < 4.78 is 0. The number of hydrogen-bond acceptors (Lipinski definition) is 4. The van der Waals surface area contributed by atoms with Crippen molar-refractivity contribution in [2.45, 2.75) is 56.7 Å². The summed E-state index contributed by atoms with van der Waals surface area (Å²) in [6.45, 7) is 11.7. The number of carbonyl (C=O) groups is 2. The van der Waals surface area contributed by atoms with Crippen molar-refractivity contribution in [2.75, 3.05) is 31.5 Å². The molecule has 0 spiro atoms. The van der Waals surface area contributed by atoms with Crippen molar-refractivity contribution in [3.8, 4) is 0 Å². The highest BCUT2D eigenvalue weighted by atomic mass is 32.2. The van der Waals surface area contributed by atoms with Gasteiger partial charge in [-0.15, -0.1) is 0 Å². The fourth-order valence-corrected chi connectivity index (χ4v) is 4.24. The van der Waals surface area contributed by atoms with Crippen LogP contribution in [0, 0.1) is 6.92 Å². The summed E-state index contributed by atoms with van der Waals surface area (Å²) in [7, 11) is 0. The van der Waals surface area contributed by atoms with Crippen LogP contribution in [0.1, 0.15) is 56.0 Å². The van der Waals surface area contributed by atoms with Crippen LogP contribution in [0.2, 0.25) is 0 Å². The number of amides is 2. The van der Waals surface area contributed by atoms with Gasteiger partial charge in [0.25, 0.3) is 5.91 Å². The van der Waals surface area contributed by atoms with Gasteiger partial charge in [-0.3, -0.25) is 9.59 Å². The summed E-state index contributed by atoms with van der Waals surface area (Å²) in [6.07, 6.45) is 3.21. The summed E-state index contributed by atoms with van der Waals surface area (Å²) in [5, 5.41) is 5.87. The van der Waals surface area contributed by atoms with Crippen molar-refractivity contribution >= 4 is 29.3 Å². The highest BCUT2D eigenvalue weighted by Gasteiger charge is 2.12. The molecule has 168 valence electrons. The zero-order chi connectivity index (χ0) is 22.6. The van der Waals surface area contributed by atoms with Crippen LogP contribution in [0.15, 0.2) is 52.3 Å². The van der Waals surface area contributed by atoms with E-state index in [2.05, 4.69) is 60.6 Å². The maximum Gasteiger partial charge on any atom is 0.251 e. The molecule has 0 aliphatic rings. The average Bonchev–Trinajstić information content (AvgIpc) is 2.73. The van der Waals surface area contributed by atoms with Crippen LogP contribution in [0.25, 0.3) is 0 Å². The SMILES string of the molecule is CCCN(CCC)CCCNC(=O)c1ccc(Sc2ccc(C)cc2)c(NC(C)=O)c1. The van der Waals surface area contributed by atoms with Crippen molar-refractivity contribution in [3.63, 3.8) is 0 Å². The Hall–Kier alpha value is -2.31. The number of nitrogens with one attached hydrogen (secondary N) is 2. The molecule has 0 radical (unpaired) electrons. The topological polar surface area (TPSA) is 61.4 Å². The van der Waals surface area contributed by atoms with Gasteiger partial charge in [0.1, 0.15) is 0 Å². The second-order valence-electron chi connectivity index (χ2n) is 7.76. The van der Waals surface area contributed by atoms with Crippen LogP contribution in [0.5, 0.6) is 0 Å². The Morgan fingerprint density at radius 1 is 0.968 bits per heavy atom. The standard InChI is InChI=1S/C25H35N3O2S/c1-5-15-28(16-6-2)17-7-14-26-25(30)21-10-13-24(23(18-21)27-20(4)29)31-22-11-8-19(3)9-12-22/h8-13,18H,5-7,14-17H2,1-4H3,(H,26,30)(H,27,29). The summed E-state index contributed by atoms with van der Waals surface area (Å²) in [4.78, 5) is 28.8. The number of benzene rings is 2. The molecule has 2 rings (SSSR count). The number of aryl methyl sites for hydroxylation is 1. The minimum Gasteiger partial charge on any atom is -0.352 e. The van der Waals surface area contributed by atoms with Gasteiger partial charge in [0.05, 0.1) is 5.69 Å². The van der Waals surface area contributed by atoms with E-state index >= 15 is 0 Å². The smallest absolute Gasteiger partial charge is 0.251 e. The predicted octanol–water partition coefficient (Wildman–Crippen LogP) is 5.35. The lowest BCUT2D eigenvalue weighted by atomic mass is 10.2. The summed E-state index contributed by atoms with van der Waals surface area (Å²) >= 11 is 1.57. The van der Waals surface area contributed by atoms with Gasteiger partial charge in [0.2, 0.25) is 5.91 Å². The second-order valence-corrected chi connectivity index (χ2v) is 8.87. The van der Waals surface area contributed by atoms with Crippen LogP contribution in [0.3, 0.4) is 0 Å². The third kappa shape index (κ3) is 8.75. The van der Waals surface area contributed by atoms with Gasteiger partial charge in [-0.1, -0.05) is 43.3 Å². The third-order valence-electron chi connectivity index (χ3n) is 4.82. The van der Waals surface area contributed by atoms with Crippen molar-refractivity contribution in [2.24, 2.45) is 0 Å². The van der Waals surface area contributed by atoms with Crippen LogP contribution in [-0.4, -0.2) is 42.9 Å². The number of hydrogen-bond donors (Lipinski definition) is 2. The van der Waals surface area contributed by atoms with Crippen molar-refractivity contribution in [1.82, 2.24) is 10.2 Å². The van der Waals surface area contributed by atoms with E-state index < -0.39 is 0 Å². The molecule has 0 aliphatic carbocycles. The Morgan fingerprint density at radius 2 is 1.65 bits per heavy atom. The average molecular weight is 442 g/mol. The van der Waals surface area contributed by atoms with Crippen LogP contribution in [-0.2, 0) is 4.79 Å². The zero-order valence-electron chi connectivity index (χ0n) is 19.2.